The van der Waals surface area contributed by atoms with E-state index in [4.69, 9.17) is 23.7 Å². The van der Waals surface area contributed by atoms with Gasteiger partial charge in [-0.1, -0.05) is 25.3 Å². The van der Waals surface area contributed by atoms with Crippen LogP contribution >= 0.6 is 0 Å². The number of ether oxygens (including phenoxy) is 5. The quantitative estimate of drug-likeness (QED) is 0.201. The van der Waals surface area contributed by atoms with Gasteiger partial charge in [0.15, 0.2) is 17.3 Å². The number of carbonyl (C=O) groups is 2. The predicted octanol–water partition coefficient (Wildman–Crippen LogP) is 4.50. The summed E-state index contributed by atoms with van der Waals surface area (Å²) in [6, 6.07) is 9.49. The number of esters is 2. The van der Waals surface area contributed by atoms with Crippen molar-refractivity contribution in [3.8, 4) is 28.4 Å². The topological polar surface area (TPSA) is 80.3 Å². The van der Waals surface area contributed by atoms with Gasteiger partial charge in [0.25, 0.3) is 0 Å². The predicted molar refractivity (Wildman–Crippen MR) is 121 cm³/mol. The Hall–Kier alpha value is -3.65. The van der Waals surface area contributed by atoms with Crippen LogP contribution in [-0.2, 0) is 19.1 Å². The lowest BCUT2D eigenvalue weighted by Gasteiger charge is -2.15. The van der Waals surface area contributed by atoms with E-state index in [1.54, 1.807) is 37.3 Å². The first kappa shape index (κ1) is 25.6. The van der Waals surface area contributed by atoms with E-state index in [0.29, 0.717) is 23.5 Å². The molecule has 0 heterocycles. The van der Waals surface area contributed by atoms with Crippen LogP contribution in [0.5, 0.6) is 17.2 Å². The maximum absolute atomic E-state index is 14.9. The summed E-state index contributed by atoms with van der Waals surface area (Å²) < 4.78 is 41.2. The fourth-order valence-corrected chi connectivity index (χ4v) is 2.53. The van der Waals surface area contributed by atoms with Crippen LogP contribution in [0.4, 0.5) is 4.39 Å². The molecular weight excluding hydrogens is 431 g/mol. The van der Waals surface area contributed by atoms with Gasteiger partial charge < -0.3 is 23.7 Å². The van der Waals surface area contributed by atoms with Crippen LogP contribution in [0.25, 0.3) is 11.1 Å². The minimum absolute atomic E-state index is 0.0707. The number of benzene rings is 2. The summed E-state index contributed by atoms with van der Waals surface area (Å²) in [5, 5.41) is 0. The number of hydrogen-bond acceptors (Lipinski definition) is 7. The molecule has 0 unspecified atom stereocenters. The average Bonchev–Trinajstić information content (AvgIpc) is 2.78. The van der Waals surface area contributed by atoms with Crippen molar-refractivity contribution in [2.45, 2.75) is 13.8 Å². The van der Waals surface area contributed by atoms with Crippen LogP contribution in [0.15, 0.2) is 60.7 Å². The Morgan fingerprint density at radius 3 is 2.09 bits per heavy atom. The Bertz CT molecular complexity index is 1010. The summed E-state index contributed by atoms with van der Waals surface area (Å²) in [6.07, 6.45) is 0. The van der Waals surface area contributed by atoms with Crippen LogP contribution in [-0.4, -0.2) is 45.5 Å². The van der Waals surface area contributed by atoms with Crippen molar-refractivity contribution in [1.29, 1.82) is 0 Å². The molecule has 0 radical (unpaired) electrons. The van der Waals surface area contributed by atoms with Gasteiger partial charge in [-0.3, -0.25) is 0 Å². The maximum Gasteiger partial charge on any atom is 0.338 e. The molecule has 8 heteroatoms. The average molecular weight is 458 g/mol. The monoisotopic (exact) mass is 458 g/mol. The molecule has 0 saturated heterocycles. The van der Waals surface area contributed by atoms with Gasteiger partial charge in [-0.15, -0.1) is 0 Å². The van der Waals surface area contributed by atoms with Gasteiger partial charge in [-0.25, -0.2) is 14.0 Å². The number of rotatable bonds is 12. The molecule has 0 aliphatic carbocycles. The smallest absolute Gasteiger partial charge is 0.338 e. The molecule has 33 heavy (non-hydrogen) atoms. The van der Waals surface area contributed by atoms with Gasteiger partial charge in [-0.05, 0) is 49.2 Å². The number of halogens is 1. The van der Waals surface area contributed by atoms with Crippen LogP contribution in [0, 0.1) is 5.82 Å². The van der Waals surface area contributed by atoms with Crippen molar-refractivity contribution < 1.29 is 37.7 Å². The Labute approximate surface area is 192 Å². The third-order valence-corrected chi connectivity index (χ3v) is 4.21. The normalized spacial score (nSPS) is 10.3. The molecule has 0 fully saturated rings. The first-order valence-electron chi connectivity index (χ1n) is 10.1. The second-order valence-corrected chi connectivity index (χ2v) is 7.09. The zero-order valence-electron chi connectivity index (χ0n) is 18.9. The minimum Gasteiger partial charge on any atom is -0.487 e. The van der Waals surface area contributed by atoms with Crippen LogP contribution < -0.4 is 14.2 Å². The fourth-order valence-electron chi connectivity index (χ4n) is 2.53. The van der Waals surface area contributed by atoms with Crippen LogP contribution in [0.2, 0.25) is 0 Å². The van der Waals surface area contributed by atoms with E-state index < -0.39 is 17.8 Å². The molecule has 7 nitrogen and oxygen atoms in total. The maximum atomic E-state index is 14.9. The highest BCUT2D eigenvalue weighted by Crippen LogP contribution is 2.36. The largest absolute Gasteiger partial charge is 0.487 e. The first-order valence-corrected chi connectivity index (χ1v) is 10.1. The summed E-state index contributed by atoms with van der Waals surface area (Å²) in [5.41, 5.74) is 1.74. The van der Waals surface area contributed by atoms with E-state index in [2.05, 4.69) is 13.2 Å². The van der Waals surface area contributed by atoms with Crippen LogP contribution in [0.3, 0.4) is 0 Å². The van der Waals surface area contributed by atoms with Crippen molar-refractivity contribution >= 4 is 11.9 Å². The van der Waals surface area contributed by atoms with Crippen molar-refractivity contribution in [2.75, 3.05) is 33.5 Å². The molecule has 0 amide bonds. The molecule has 0 N–H and O–H groups in total. The van der Waals surface area contributed by atoms with E-state index in [9.17, 15) is 14.0 Å². The summed E-state index contributed by atoms with van der Waals surface area (Å²) in [5.74, 6) is -1.32. The van der Waals surface area contributed by atoms with E-state index in [-0.39, 0.29) is 42.5 Å². The molecular formula is C25H27FO7. The van der Waals surface area contributed by atoms with Gasteiger partial charge >= 0.3 is 11.9 Å². The molecule has 0 aliphatic heterocycles. The van der Waals surface area contributed by atoms with Crippen molar-refractivity contribution in [3.63, 3.8) is 0 Å². The lowest BCUT2D eigenvalue weighted by Crippen LogP contribution is -2.14. The highest BCUT2D eigenvalue weighted by atomic mass is 19.1. The zero-order valence-corrected chi connectivity index (χ0v) is 18.9. The zero-order chi connectivity index (χ0) is 24.4. The summed E-state index contributed by atoms with van der Waals surface area (Å²) >= 11 is 0. The molecule has 0 aromatic heterocycles. The third-order valence-electron chi connectivity index (χ3n) is 4.21. The highest BCUT2D eigenvalue weighted by molar-refractivity contribution is 5.89. The number of methoxy groups -OCH3 is 1. The van der Waals surface area contributed by atoms with Gasteiger partial charge in [0.1, 0.15) is 25.6 Å². The Morgan fingerprint density at radius 1 is 0.848 bits per heavy atom. The molecule has 2 rings (SSSR count). The SMILES string of the molecule is C=C(C)C(=O)OCCOc1c(F)cc(-c2ccc(OC(=O)C(=C)C)cc2)cc1OCCOC. The van der Waals surface area contributed by atoms with Gasteiger partial charge in [0.05, 0.1) is 6.61 Å². The molecule has 0 atom stereocenters. The van der Waals surface area contributed by atoms with Gasteiger partial charge in [0.2, 0.25) is 0 Å². The second kappa shape index (κ2) is 12.4. The van der Waals surface area contributed by atoms with Gasteiger partial charge in [0, 0.05) is 18.3 Å². The molecule has 2 aromatic carbocycles. The van der Waals surface area contributed by atoms with E-state index >= 15 is 0 Å². The van der Waals surface area contributed by atoms with E-state index in [1.807, 2.05) is 0 Å². The lowest BCUT2D eigenvalue weighted by molar-refractivity contribution is -0.139. The molecule has 0 aliphatic rings. The minimum atomic E-state index is -0.649. The second-order valence-electron chi connectivity index (χ2n) is 7.09. The molecule has 0 spiro atoms. The fraction of sp³-hybridized carbons (Fsp3) is 0.280. The summed E-state index contributed by atoms with van der Waals surface area (Å²) in [7, 11) is 1.52. The summed E-state index contributed by atoms with van der Waals surface area (Å²) in [6.45, 7) is 10.4. The van der Waals surface area contributed by atoms with Crippen molar-refractivity contribution in [2.24, 2.45) is 0 Å². The Morgan fingerprint density at radius 2 is 1.48 bits per heavy atom. The molecule has 2 aromatic rings. The highest BCUT2D eigenvalue weighted by Gasteiger charge is 2.16. The Kier molecular flexibility index (Phi) is 9.62. The third kappa shape index (κ3) is 7.76. The summed E-state index contributed by atoms with van der Waals surface area (Å²) in [4.78, 5) is 23.1. The number of carbonyl (C=O) groups excluding carboxylic acids is 2. The standard InChI is InChI=1S/C25H27FO7/c1-16(2)24(27)32-13-12-31-23-21(26)14-19(15-22(23)30-11-10-29-5)18-6-8-20(9-7-18)33-25(28)17(3)4/h6-9,14-15H,1,3,10-13H2,2,4-5H3. The lowest BCUT2D eigenvalue weighted by atomic mass is 10.0. The van der Waals surface area contributed by atoms with E-state index in [1.165, 1.54) is 20.1 Å². The van der Waals surface area contributed by atoms with Crippen molar-refractivity contribution in [1.82, 2.24) is 0 Å². The van der Waals surface area contributed by atoms with Gasteiger partial charge in [-0.2, -0.15) is 0 Å². The van der Waals surface area contributed by atoms with Crippen LogP contribution in [0.1, 0.15) is 13.8 Å². The Balaban J connectivity index is 2.20. The number of hydrogen-bond donors (Lipinski definition) is 0. The molecule has 0 saturated carbocycles. The van der Waals surface area contributed by atoms with E-state index in [0.717, 1.165) is 0 Å². The van der Waals surface area contributed by atoms with Crippen molar-refractivity contribution in [3.05, 3.63) is 66.5 Å². The first-order chi connectivity index (χ1) is 15.7. The molecule has 176 valence electrons. The molecule has 0 bridgehead atoms.